The highest BCUT2D eigenvalue weighted by atomic mass is 35.5. The van der Waals surface area contributed by atoms with Gasteiger partial charge in [-0.25, -0.2) is 9.97 Å². The summed E-state index contributed by atoms with van der Waals surface area (Å²) in [6.07, 6.45) is 3.47. The summed E-state index contributed by atoms with van der Waals surface area (Å²) < 4.78 is 11.0. The van der Waals surface area contributed by atoms with Crippen molar-refractivity contribution in [3.63, 3.8) is 0 Å². The molecule has 1 aromatic carbocycles. The second-order valence-electron chi connectivity index (χ2n) is 5.88. The lowest BCUT2D eigenvalue weighted by Gasteiger charge is -2.26. The largest absolute Gasteiger partial charge is 0.495 e. The molecule has 0 fully saturated rings. The zero-order chi connectivity index (χ0) is 18.7. The maximum Gasteiger partial charge on any atom is 0.157 e. The molecule has 0 bridgehead atoms. The van der Waals surface area contributed by atoms with Crippen molar-refractivity contribution in [3.05, 3.63) is 34.7 Å². The molecule has 2 aromatic rings. The lowest BCUT2D eigenvalue weighted by Crippen LogP contribution is -2.36. The first-order valence-corrected chi connectivity index (χ1v) is 9.78. The molecule has 1 aliphatic heterocycles. The van der Waals surface area contributed by atoms with Crippen LogP contribution in [-0.2, 0) is 4.74 Å². The summed E-state index contributed by atoms with van der Waals surface area (Å²) in [6.45, 7) is 5.28. The average molecular weight is 415 g/mol. The van der Waals surface area contributed by atoms with Crippen molar-refractivity contribution in [1.29, 1.82) is 0 Å². The summed E-state index contributed by atoms with van der Waals surface area (Å²) in [7, 11) is 1.58. The van der Waals surface area contributed by atoms with Crippen LogP contribution in [0.1, 0.15) is 13.8 Å². The number of hydrogen-bond acceptors (Lipinski definition) is 7. The lowest BCUT2D eigenvalue weighted by atomic mass is 10.3. The number of fused-ring (bicyclic) bond motifs is 1. The van der Waals surface area contributed by atoms with Gasteiger partial charge in [0.2, 0.25) is 0 Å². The minimum atomic E-state index is -0.139. The zero-order valence-corrected chi connectivity index (χ0v) is 17.0. The van der Waals surface area contributed by atoms with Crippen LogP contribution in [0.25, 0.3) is 0 Å². The maximum atomic E-state index is 6.47. The van der Waals surface area contributed by atoms with E-state index in [1.54, 1.807) is 25.4 Å². The number of hydrogen-bond donors (Lipinski definition) is 1. The SMILES string of the molecule is COc1ccc(Cl)c(SC2Nc3cncnc3N2CCOC(C)C)c1Cl. The fourth-order valence-corrected chi connectivity index (χ4v) is 4.41. The topological polar surface area (TPSA) is 59.5 Å². The van der Waals surface area contributed by atoms with E-state index < -0.39 is 0 Å². The van der Waals surface area contributed by atoms with E-state index >= 15 is 0 Å². The van der Waals surface area contributed by atoms with Crippen molar-refractivity contribution in [2.75, 3.05) is 30.5 Å². The molecule has 1 atom stereocenters. The molecule has 0 aliphatic carbocycles. The number of ether oxygens (including phenoxy) is 2. The molecule has 1 N–H and O–H groups in total. The number of nitrogens with one attached hydrogen (secondary N) is 1. The molecular weight excluding hydrogens is 395 g/mol. The van der Waals surface area contributed by atoms with Crippen LogP contribution in [0.4, 0.5) is 11.5 Å². The first-order valence-electron chi connectivity index (χ1n) is 8.14. The molecule has 2 heterocycles. The molecule has 0 radical (unpaired) electrons. The van der Waals surface area contributed by atoms with E-state index in [2.05, 4.69) is 20.2 Å². The van der Waals surface area contributed by atoms with Crippen molar-refractivity contribution in [2.45, 2.75) is 30.3 Å². The van der Waals surface area contributed by atoms with Gasteiger partial charge in [0.25, 0.3) is 0 Å². The summed E-state index contributed by atoms with van der Waals surface area (Å²) in [5.74, 6) is 1.42. The Morgan fingerprint density at radius 2 is 2.15 bits per heavy atom. The van der Waals surface area contributed by atoms with Crippen LogP contribution in [0.3, 0.4) is 0 Å². The Morgan fingerprint density at radius 3 is 2.88 bits per heavy atom. The minimum absolute atomic E-state index is 0.139. The van der Waals surface area contributed by atoms with Gasteiger partial charge in [-0.3, -0.25) is 0 Å². The Bertz CT molecular complexity index is 778. The van der Waals surface area contributed by atoms with Gasteiger partial charge >= 0.3 is 0 Å². The summed E-state index contributed by atoms with van der Waals surface area (Å²) in [5.41, 5.74) is 0.726. The Kier molecular flexibility index (Phi) is 6.34. The predicted octanol–water partition coefficient (Wildman–Crippen LogP) is 4.52. The van der Waals surface area contributed by atoms with Crippen LogP contribution in [0, 0.1) is 0 Å². The zero-order valence-electron chi connectivity index (χ0n) is 14.7. The quantitative estimate of drug-likeness (QED) is 0.713. The van der Waals surface area contributed by atoms with Gasteiger partial charge in [-0.15, -0.1) is 0 Å². The Balaban J connectivity index is 1.84. The fourth-order valence-electron chi connectivity index (χ4n) is 2.57. The van der Waals surface area contributed by atoms with Crippen molar-refractivity contribution in [3.8, 4) is 5.75 Å². The number of thioether (sulfide) groups is 1. The van der Waals surface area contributed by atoms with Gasteiger partial charge in [-0.1, -0.05) is 35.0 Å². The monoisotopic (exact) mass is 414 g/mol. The third-order valence-electron chi connectivity index (χ3n) is 3.77. The first-order chi connectivity index (χ1) is 12.5. The molecule has 0 spiro atoms. The molecule has 26 heavy (non-hydrogen) atoms. The van der Waals surface area contributed by atoms with Crippen LogP contribution >= 0.6 is 35.0 Å². The number of rotatable bonds is 7. The van der Waals surface area contributed by atoms with Crippen molar-refractivity contribution < 1.29 is 9.47 Å². The molecule has 0 saturated heterocycles. The number of methoxy groups -OCH3 is 1. The van der Waals surface area contributed by atoms with Crippen LogP contribution < -0.4 is 15.0 Å². The maximum absolute atomic E-state index is 6.47. The highest BCUT2D eigenvalue weighted by molar-refractivity contribution is 8.00. The molecular formula is C17H20Cl2N4O2S. The van der Waals surface area contributed by atoms with Crippen LogP contribution in [-0.4, -0.2) is 41.8 Å². The molecule has 140 valence electrons. The van der Waals surface area contributed by atoms with Crippen molar-refractivity contribution >= 4 is 46.5 Å². The van der Waals surface area contributed by atoms with Crippen LogP contribution in [0.5, 0.6) is 5.75 Å². The average Bonchev–Trinajstić information content (AvgIpc) is 2.96. The van der Waals surface area contributed by atoms with Crippen LogP contribution in [0.15, 0.2) is 29.6 Å². The minimum Gasteiger partial charge on any atom is -0.495 e. The highest BCUT2D eigenvalue weighted by Gasteiger charge is 2.32. The summed E-state index contributed by atoms with van der Waals surface area (Å²) in [5, 5.41) is 4.48. The van der Waals surface area contributed by atoms with Gasteiger partial charge in [-0.2, -0.15) is 0 Å². The molecule has 1 aromatic heterocycles. The standard InChI is InChI=1S/C17H20Cl2N4O2S/c1-10(2)25-7-6-23-16-12(8-20-9-21-16)22-17(23)26-15-11(18)4-5-13(24-3)14(15)19/h4-5,8-10,17,22H,6-7H2,1-3H3. The van der Waals surface area contributed by atoms with Gasteiger partial charge in [-0.05, 0) is 26.0 Å². The van der Waals surface area contributed by atoms with E-state index in [0.717, 1.165) is 16.4 Å². The number of nitrogens with zero attached hydrogens (tertiary/aromatic N) is 3. The van der Waals surface area contributed by atoms with E-state index in [4.69, 9.17) is 32.7 Å². The van der Waals surface area contributed by atoms with Gasteiger partial charge < -0.3 is 19.7 Å². The smallest absolute Gasteiger partial charge is 0.157 e. The molecule has 9 heteroatoms. The summed E-state index contributed by atoms with van der Waals surface area (Å²) in [4.78, 5) is 11.4. The Labute approximate surface area is 167 Å². The van der Waals surface area contributed by atoms with Gasteiger partial charge in [0.1, 0.15) is 12.1 Å². The van der Waals surface area contributed by atoms with E-state index in [0.29, 0.717) is 28.9 Å². The van der Waals surface area contributed by atoms with Gasteiger partial charge in [0.05, 0.1) is 46.6 Å². The number of aromatic nitrogens is 2. The number of benzene rings is 1. The summed E-state index contributed by atoms with van der Waals surface area (Å²) >= 11 is 14.4. The van der Waals surface area contributed by atoms with Gasteiger partial charge in [0.15, 0.2) is 11.3 Å². The second kappa shape index (κ2) is 8.52. The third kappa shape index (κ3) is 4.11. The van der Waals surface area contributed by atoms with E-state index in [9.17, 15) is 0 Å². The number of halogens is 2. The summed E-state index contributed by atoms with van der Waals surface area (Å²) in [6, 6.07) is 3.54. The van der Waals surface area contributed by atoms with E-state index in [1.165, 1.54) is 18.1 Å². The molecule has 1 aliphatic rings. The van der Waals surface area contributed by atoms with E-state index in [-0.39, 0.29) is 11.6 Å². The molecule has 0 saturated carbocycles. The third-order valence-corrected chi connectivity index (χ3v) is 5.94. The Morgan fingerprint density at radius 1 is 1.35 bits per heavy atom. The van der Waals surface area contributed by atoms with Crippen LogP contribution in [0.2, 0.25) is 10.0 Å². The Hall–Kier alpha value is -1.41. The molecule has 6 nitrogen and oxygen atoms in total. The molecule has 1 unspecified atom stereocenters. The fraction of sp³-hybridized carbons (Fsp3) is 0.412. The second-order valence-corrected chi connectivity index (χ2v) is 7.76. The van der Waals surface area contributed by atoms with Gasteiger partial charge in [0, 0.05) is 6.54 Å². The van der Waals surface area contributed by atoms with E-state index in [1.807, 2.05) is 13.8 Å². The van der Waals surface area contributed by atoms with Crippen molar-refractivity contribution in [1.82, 2.24) is 9.97 Å². The number of anilines is 2. The van der Waals surface area contributed by atoms with Crippen molar-refractivity contribution in [2.24, 2.45) is 0 Å². The normalized spacial score (nSPS) is 15.9. The molecule has 3 rings (SSSR count). The lowest BCUT2D eigenvalue weighted by molar-refractivity contribution is 0.0841. The first kappa shape index (κ1) is 19.4. The molecule has 0 amide bonds. The highest BCUT2D eigenvalue weighted by Crippen LogP contribution is 2.45. The predicted molar refractivity (Wildman–Crippen MR) is 107 cm³/mol.